The Morgan fingerprint density at radius 1 is 0.933 bits per heavy atom. The van der Waals surface area contributed by atoms with Gasteiger partial charge in [-0.1, -0.05) is 6.07 Å². The number of nitrogen functional groups attached to an aromatic ring is 1. The minimum atomic E-state index is -1.66. The number of nitrogens with zero attached hydrogens (tertiary/aromatic N) is 6. The minimum Gasteiger partial charge on any atom is -0.504 e. The minimum absolute atomic E-state index is 0.0876. The number of benzene rings is 2. The van der Waals surface area contributed by atoms with E-state index in [2.05, 4.69) is 37.7 Å². The lowest BCUT2D eigenvalue weighted by Crippen LogP contribution is -2.15. The molecule has 224 valence electrons. The van der Waals surface area contributed by atoms with Gasteiger partial charge in [-0.15, -0.1) is 0 Å². The van der Waals surface area contributed by atoms with Gasteiger partial charge in [-0.3, -0.25) is 24.1 Å². The summed E-state index contributed by atoms with van der Waals surface area (Å²) in [5.41, 5.74) is 17.2. The molecular weight excluding hydrogens is 582 g/mol. The van der Waals surface area contributed by atoms with Gasteiger partial charge in [0, 0.05) is 24.3 Å². The summed E-state index contributed by atoms with van der Waals surface area (Å²) in [6.07, 6.45) is 10.2. The number of aldehydes is 1. The summed E-state index contributed by atoms with van der Waals surface area (Å²) in [4.78, 5) is 43.5. The largest absolute Gasteiger partial charge is 0.504 e. The molecule has 1 aliphatic rings. The molecule has 4 heterocycles. The van der Waals surface area contributed by atoms with E-state index in [-0.39, 0.29) is 6.29 Å². The van der Waals surface area contributed by atoms with E-state index in [1.165, 1.54) is 17.5 Å². The van der Waals surface area contributed by atoms with Crippen LogP contribution >= 0.6 is 0 Å². The van der Waals surface area contributed by atoms with Gasteiger partial charge < -0.3 is 16.6 Å². The maximum absolute atomic E-state index is 12.9. The topological polar surface area (TPSA) is 176 Å². The fourth-order valence-electron chi connectivity index (χ4n) is 5.17. The third-order valence-corrected chi connectivity index (χ3v) is 7.35. The van der Waals surface area contributed by atoms with Crippen molar-refractivity contribution in [3.05, 3.63) is 107 Å². The molecule has 1 amide bonds. The zero-order valence-corrected chi connectivity index (χ0v) is 23.5. The second-order valence-electron chi connectivity index (χ2n) is 10.1. The Balaban J connectivity index is 0.000000216. The molecule has 7 rings (SSSR count). The third-order valence-electron chi connectivity index (χ3n) is 7.35. The number of anilines is 1. The monoisotopic (exact) mass is 606 g/mol. The van der Waals surface area contributed by atoms with Gasteiger partial charge in [-0.25, -0.2) is 19.3 Å². The second kappa shape index (κ2) is 11.9. The van der Waals surface area contributed by atoms with E-state index >= 15 is 0 Å². The number of amides is 1. The van der Waals surface area contributed by atoms with Gasteiger partial charge in [-0.2, -0.15) is 4.39 Å². The fraction of sp³-hybridized carbons (Fsp3) is 0.0938. The molecule has 5 N–H and O–H groups in total. The number of rotatable bonds is 5. The van der Waals surface area contributed by atoms with Gasteiger partial charge in [-0.05, 0) is 72.9 Å². The number of aryl methyl sites for hydroxylation is 2. The predicted molar refractivity (Wildman–Crippen MR) is 161 cm³/mol. The summed E-state index contributed by atoms with van der Waals surface area (Å²) in [7, 11) is 0. The van der Waals surface area contributed by atoms with Crippen LogP contribution in [0.2, 0.25) is 0 Å². The Hall–Kier alpha value is -6.11. The number of hydrogen-bond acceptors (Lipinski definition) is 9. The van der Waals surface area contributed by atoms with Crippen LogP contribution < -0.4 is 11.5 Å². The van der Waals surface area contributed by atoms with E-state index < -0.39 is 34.4 Å². The van der Waals surface area contributed by atoms with Gasteiger partial charge in [0.05, 0.1) is 28.6 Å². The number of pyridine rings is 2. The number of phenolic OH excluding ortho intramolecular Hbond substituents is 1. The number of aromatic nitrogens is 6. The number of aromatic hydroxyl groups is 1. The first-order chi connectivity index (χ1) is 21.8. The molecule has 2 aromatic carbocycles. The van der Waals surface area contributed by atoms with Crippen LogP contribution in [0, 0.1) is 11.6 Å². The van der Waals surface area contributed by atoms with Gasteiger partial charge in [0.1, 0.15) is 17.0 Å². The first kappa shape index (κ1) is 29.0. The summed E-state index contributed by atoms with van der Waals surface area (Å²) in [6.45, 7) is 0. The average molecular weight is 607 g/mol. The molecule has 0 saturated carbocycles. The van der Waals surface area contributed by atoms with Crippen LogP contribution in [0.3, 0.4) is 0 Å². The van der Waals surface area contributed by atoms with Crippen molar-refractivity contribution in [3.63, 3.8) is 0 Å². The first-order valence-electron chi connectivity index (χ1n) is 13.7. The molecule has 0 atom stereocenters. The molecule has 4 aromatic heterocycles. The number of fused-ring (bicyclic) bond motifs is 2. The Morgan fingerprint density at radius 2 is 1.76 bits per heavy atom. The summed E-state index contributed by atoms with van der Waals surface area (Å²) in [5, 5.41) is 8.89. The van der Waals surface area contributed by atoms with Crippen molar-refractivity contribution in [1.29, 1.82) is 0 Å². The number of imidazole rings is 1. The molecule has 0 saturated heterocycles. The molecule has 6 aromatic rings. The van der Waals surface area contributed by atoms with Gasteiger partial charge >= 0.3 is 0 Å². The SMILES string of the molecule is NC(=O)c1cc(C=O)c(O)c(F)c1F.Nc1ncccc1-c1nc2ccc(-c3cnccn3)nc2n1-c1ccc2c(c1)CCC2. The number of hydrogen-bond donors (Lipinski definition) is 3. The lowest BCUT2D eigenvalue weighted by atomic mass is 10.1. The zero-order chi connectivity index (χ0) is 31.7. The zero-order valence-electron chi connectivity index (χ0n) is 23.5. The lowest BCUT2D eigenvalue weighted by Gasteiger charge is -2.12. The predicted octanol–water partition coefficient (Wildman–Crippen LogP) is 4.59. The summed E-state index contributed by atoms with van der Waals surface area (Å²) in [6, 6.07) is 15.0. The Kier molecular flexibility index (Phi) is 7.65. The van der Waals surface area contributed by atoms with Crippen LogP contribution in [-0.2, 0) is 12.8 Å². The highest BCUT2D eigenvalue weighted by Crippen LogP contribution is 2.33. The number of primary amides is 1. The molecule has 0 aliphatic heterocycles. The molecule has 0 bridgehead atoms. The van der Waals surface area contributed by atoms with Crippen molar-refractivity contribution in [2.24, 2.45) is 5.73 Å². The number of carbonyl (C=O) groups excluding carboxylic acids is 2. The Labute approximate surface area is 254 Å². The highest BCUT2D eigenvalue weighted by atomic mass is 19.2. The van der Waals surface area contributed by atoms with Crippen LogP contribution in [0.15, 0.2) is 73.3 Å². The maximum Gasteiger partial charge on any atom is 0.251 e. The van der Waals surface area contributed by atoms with Crippen LogP contribution in [0.4, 0.5) is 14.6 Å². The van der Waals surface area contributed by atoms with E-state index in [1.54, 1.807) is 24.8 Å². The summed E-state index contributed by atoms with van der Waals surface area (Å²) >= 11 is 0. The van der Waals surface area contributed by atoms with Crippen molar-refractivity contribution in [2.75, 3.05) is 5.73 Å². The van der Waals surface area contributed by atoms with Crippen molar-refractivity contribution in [1.82, 2.24) is 29.5 Å². The quantitative estimate of drug-likeness (QED) is 0.237. The average Bonchev–Trinajstić information content (AvgIpc) is 3.68. The lowest BCUT2D eigenvalue weighted by molar-refractivity contribution is 0.0995. The standard InChI is InChI=1S/C24H19N7.C8H5F2NO3/c25-22-18(5-2-10-28-22)23-30-20-9-8-19(21-14-26-11-12-27-21)29-24(20)31(23)17-7-6-15-3-1-4-16(15)13-17;9-5-4(8(11)14)1-3(2-12)7(13)6(5)10/h2,5-14H,1,3-4H2,(H2,25,28);1-2,13H,(H2,11,14). The Morgan fingerprint density at radius 3 is 2.49 bits per heavy atom. The first-order valence-corrected chi connectivity index (χ1v) is 13.7. The van der Waals surface area contributed by atoms with Crippen molar-refractivity contribution in [3.8, 4) is 34.2 Å². The normalized spacial score (nSPS) is 12.0. The highest BCUT2D eigenvalue weighted by Gasteiger charge is 2.22. The smallest absolute Gasteiger partial charge is 0.251 e. The van der Waals surface area contributed by atoms with E-state index in [0.717, 1.165) is 46.8 Å². The van der Waals surface area contributed by atoms with Crippen LogP contribution in [0.1, 0.15) is 38.3 Å². The van der Waals surface area contributed by atoms with Crippen molar-refractivity contribution in [2.45, 2.75) is 19.3 Å². The van der Waals surface area contributed by atoms with Crippen LogP contribution in [0.25, 0.3) is 39.6 Å². The molecule has 0 radical (unpaired) electrons. The van der Waals surface area contributed by atoms with E-state index in [9.17, 15) is 18.4 Å². The Bertz CT molecular complexity index is 2100. The van der Waals surface area contributed by atoms with Crippen molar-refractivity contribution >= 4 is 29.2 Å². The summed E-state index contributed by atoms with van der Waals surface area (Å²) in [5.74, 6) is -4.42. The molecule has 0 unspecified atom stereocenters. The van der Waals surface area contributed by atoms with Gasteiger partial charge in [0.25, 0.3) is 5.91 Å². The molecule has 45 heavy (non-hydrogen) atoms. The van der Waals surface area contributed by atoms with E-state index in [1.807, 2.05) is 24.3 Å². The number of carbonyl (C=O) groups is 2. The molecule has 13 heteroatoms. The molecule has 0 fully saturated rings. The number of phenols is 1. The van der Waals surface area contributed by atoms with Gasteiger partial charge in [0.2, 0.25) is 5.82 Å². The van der Waals surface area contributed by atoms with E-state index in [0.29, 0.717) is 17.6 Å². The van der Waals surface area contributed by atoms with Gasteiger partial charge in [0.15, 0.2) is 29.3 Å². The molecule has 1 aliphatic carbocycles. The molecule has 0 spiro atoms. The summed E-state index contributed by atoms with van der Waals surface area (Å²) < 4.78 is 27.8. The number of nitrogens with two attached hydrogens (primary N) is 2. The third kappa shape index (κ3) is 5.42. The second-order valence-corrected chi connectivity index (χ2v) is 10.1. The molecule has 11 nitrogen and oxygen atoms in total. The van der Waals surface area contributed by atoms with Crippen molar-refractivity contribution < 1.29 is 23.5 Å². The number of halogens is 2. The van der Waals surface area contributed by atoms with Crippen LogP contribution in [-0.4, -0.2) is 46.8 Å². The maximum atomic E-state index is 12.9. The highest BCUT2D eigenvalue weighted by molar-refractivity contribution is 5.95. The fourth-order valence-corrected chi connectivity index (χ4v) is 5.17. The van der Waals surface area contributed by atoms with E-state index in [4.69, 9.17) is 26.5 Å². The molecular formula is C32H24F2N8O3. The van der Waals surface area contributed by atoms with Crippen LogP contribution in [0.5, 0.6) is 5.75 Å².